The highest BCUT2D eigenvalue weighted by molar-refractivity contribution is 9.10. The monoisotopic (exact) mass is 479 g/mol. The van der Waals surface area contributed by atoms with Crippen LogP contribution in [0.25, 0.3) is 11.1 Å². The van der Waals surface area contributed by atoms with Gasteiger partial charge in [0.15, 0.2) is 5.58 Å². The molecular formula is C21H26BrN3O5. The number of aromatic nitrogens is 1. The van der Waals surface area contributed by atoms with Crippen molar-refractivity contribution < 1.29 is 23.5 Å². The van der Waals surface area contributed by atoms with Gasteiger partial charge in [0.05, 0.1) is 28.7 Å². The summed E-state index contributed by atoms with van der Waals surface area (Å²) in [5, 5.41) is 0. The molecule has 2 bridgehead atoms. The Bertz CT molecular complexity index is 969. The molecule has 1 aromatic carbocycles. The van der Waals surface area contributed by atoms with Gasteiger partial charge >= 0.3 is 12.1 Å². The van der Waals surface area contributed by atoms with E-state index in [2.05, 4.69) is 25.8 Å². The maximum Gasteiger partial charge on any atom is 0.410 e. The number of oxazole rings is 1. The van der Waals surface area contributed by atoms with Gasteiger partial charge in [0.1, 0.15) is 11.1 Å². The Labute approximate surface area is 183 Å². The first-order valence-electron chi connectivity index (χ1n) is 10.2. The molecule has 1 amide bonds. The van der Waals surface area contributed by atoms with E-state index in [1.807, 2.05) is 25.7 Å². The van der Waals surface area contributed by atoms with Gasteiger partial charge in [0.2, 0.25) is 0 Å². The second-order valence-electron chi connectivity index (χ2n) is 8.70. The lowest BCUT2D eigenvalue weighted by molar-refractivity contribution is 0.0120. The second-order valence-corrected chi connectivity index (χ2v) is 9.56. The number of hydrogen-bond donors (Lipinski definition) is 0. The summed E-state index contributed by atoms with van der Waals surface area (Å²) >= 11 is 3.47. The first-order chi connectivity index (χ1) is 14.2. The molecule has 4 rings (SSSR count). The third kappa shape index (κ3) is 3.99. The summed E-state index contributed by atoms with van der Waals surface area (Å²) in [6, 6.07) is 3.97. The number of carbonyl (C=O) groups excluding carboxylic acids is 2. The lowest BCUT2D eigenvalue weighted by Crippen LogP contribution is -2.56. The van der Waals surface area contributed by atoms with Crippen molar-refractivity contribution >= 4 is 45.1 Å². The molecule has 9 heteroatoms. The van der Waals surface area contributed by atoms with Crippen LogP contribution in [0.3, 0.4) is 0 Å². The molecule has 2 saturated heterocycles. The third-order valence-electron chi connectivity index (χ3n) is 5.30. The molecular weight excluding hydrogens is 454 g/mol. The van der Waals surface area contributed by atoms with Crippen LogP contribution in [-0.2, 0) is 9.47 Å². The topological polar surface area (TPSA) is 85.1 Å². The van der Waals surface area contributed by atoms with Gasteiger partial charge < -0.3 is 18.8 Å². The number of anilines is 1. The van der Waals surface area contributed by atoms with Gasteiger partial charge in [-0.15, -0.1) is 0 Å². The number of fused-ring (bicyclic) bond motifs is 3. The van der Waals surface area contributed by atoms with Crippen LogP contribution in [0, 0.1) is 0 Å². The number of amides is 1. The molecule has 162 valence electrons. The van der Waals surface area contributed by atoms with E-state index in [4.69, 9.17) is 13.9 Å². The number of carbonyl (C=O) groups is 2. The molecule has 2 aliphatic rings. The van der Waals surface area contributed by atoms with Crippen molar-refractivity contribution in [1.29, 1.82) is 0 Å². The van der Waals surface area contributed by atoms with Crippen LogP contribution in [0.1, 0.15) is 50.9 Å². The van der Waals surface area contributed by atoms with Crippen molar-refractivity contribution in [2.45, 2.75) is 58.2 Å². The summed E-state index contributed by atoms with van der Waals surface area (Å²) in [4.78, 5) is 33.3. The Morgan fingerprint density at radius 1 is 1.23 bits per heavy atom. The van der Waals surface area contributed by atoms with Crippen molar-refractivity contribution in [1.82, 2.24) is 9.88 Å². The van der Waals surface area contributed by atoms with Gasteiger partial charge in [-0.25, -0.2) is 9.59 Å². The molecule has 2 aliphatic heterocycles. The van der Waals surface area contributed by atoms with Crippen molar-refractivity contribution in [3.8, 4) is 0 Å². The summed E-state index contributed by atoms with van der Waals surface area (Å²) in [6.45, 7) is 8.97. The lowest BCUT2D eigenvalue weighted by atomic mass is 10.2. The standard InChI is InChI=1S/C21H26BrN3O5/c1-5-28-18(26)12-8-15(22)17-16(9-12)23-19(29-17)24-10-13-6-7-14(11-24)25(13)20(27)30-21(2,3)4/h8-9,13-14H,5-7,10-11H2,1-4H3. The fourth-order valence-electron chi connectivity index (χ4n) is 4.12. The summed E-state index contributed by atoms with van der Waals surface area (Å²) in [5.74, 6) is -0.395. The highest BCUT2D eigenvalue weighted by Gasteiger charge is 2.45. The van der Waals surface area contributed by atoms with Crippen molar-refractivity contribution in [2.75, 3.05) is 24.6 Å². The van der Waals surface area contributed by atoms with Crippen LogP contribution in [0.5, 0.6) is 0 Å². The van der Waals surface area contributed by atoms with Crippen LogP contribution < -0.4 is 4.90 Å². The number of nitrogens with zero attached hydrogens (tertiary/aromatic N) is 3. The van der Waals surface area contributed by atoms with E-state index in [1.54, 1.807) is 19.1 Å². The molecule has 2 unspecified atom stereocenters. The molecule has 2 atom stereocenters. The van der Waals surface area contributed by atoms with Crippen molar-refractivity contribution in [2.24, 2.45) is 0 Å². The maximum absolute atomic E-state index is 12.7. The van der Waals surface area contributed by atoms with Crippen molar-refractivity contribution in [3.05, 3.63) is 22.2 Å². The SMILES string of the molecule is CCOC(=O)c1cc(Br)c2oc(N3CC4CCC(C3)N4C(=O)OC(C)(C)C)nc2c1. The molecule has 30 heavy (non-hydrogen) atoms. The molecule has 0 aliphatic carbocycles. The first-order valence-corrected chi connectivity index (χ1v) is 11.0. The summed E-state index contributed by atoms with van der Waals surface area (Å²) in [5.41, 5.74) is 1.08. The smallest absolute Gasteiger partial charge is 0.410 e. The van der Waals surface area contributed by atoms with Crippen LogP contribution in [0.15, 0.2) is 21.0 Å². The maximum atomic E-state index is 12.7. The van der Waals surface area contributed by atoms with E-state index in [-0.39, 0.29) is 18.2 Å². The average molecular weight is 480 g/mol. The minimum atomic E-state index is -0.517. The number of esters is 1. The average Bonchev–Trinajstić information content (AvgIpc) is 3.20. The fourth-order valence-corrected chi connectivity index (χ4v) is 4.65. The molecule has 0 N–H and O–H groups in total. The Hall–Kier alpha value is -2.29. The summed E-state index contributed by atoms with van der Waals surface area (Å²) in [7, 11) is 0. The molecule has 0 spiro atoms. The van der Waals surface area contributed by atoms with Crippen LogP contribution in [-0.4, -0.2) is 59.3 Å². The highest BCUT2D eigenvalue weighted by Crippen LogP contribution is 2.36. The van der Waals surface area contributed by atoms with Gasteiger partial charge in [-0.1, -0.05) is 0 Å². The minimum absolute atomic E-state index is 0.0622. The van der Waals surface area contributed by atoms with Crippen LogP contribution >= 0.6 is 15.9 Å². The molecule has 8 nitrogen and oxygen atoms in total. The number of hydrogen-bond acceptors (Lipinski definition) is 7. The van der Waals surface area contributed by atoms with Gasteiger partial charge in [-0.2, -0.15) is 4.98 Å². The molecule has 2 fully saturated rings. The second kappa shape index (κ2) is 7.76. The van der Waals surface area contributed by atoms with Gasteiger partial charge in [0, 0.05) is 13.1 Å². The molecule has 0 radical (unpaired) electrons. The Morgan fingerprint density at radius 3 is 2.50 bits per heavy atom. The number of ether oxygens (including phenoxy) is 2. The van der Waals surface area contributed by atoms with Crippen molar-refractivity contribution in [3.63, 3.8) is 0 Å². The van der Waals surface area contributed by atoms with E-state index in [0.29, 0.717) is 46.8 Å². The molecule has 0 saturated carbocycles. The lowest BCUT2D eigenvalue weighted by Gasteiger charge is -2.40. The Morgan fingerprint density at radius 2 is 1.90 bits per heavy atom. The van der Waals surface area contributed by atoms with E-state index < -0.39 is 11.6 Å². The normalized spacial score (nSPS) is 21.2. The van der Waals surface area contributed by atoms with E-state index >= 15 is 0 Å². The third-order valence-corrected chi connectivity index (χ3v) is 5.89. The zero-order valence-electron chi connectivity index (χ0n) is 17.6. The summed E-state index contributed by atoms with van der Waals surface area (Å²) < 4.78 is 17.3. The zero-order chi connectivity index (χ0) is 21.6. The van der Waals surface area contributed by atoms with Gasteiger partial charge in [-0.3, -0.25) is 4.90 Å². The van der Waals surface area contributed by atoms with Crippen LogP contribution in [0.4, 0.5) is 10.8 Å². The molecule has 3 heterocycles. The predicted molar refractivity (Wildman–Crippen MR) is 115 cm³/mol. The quantitative estimate of drug-likeness (QED) is 0.604. The van der Waals surface area contributed by atoms with Gasteiger partial charge in [0.25, 0.3) is 6.01 Å². The predicted octanol–water partition coefficient (Wildman–Crippen LogP) is 4.36. The van der Waals surface area contributed by atoms with E-state index in [0.717, 1.165) is 12.8 Å². The van der Waals surface area contributed by atoms with Gasteiger partial charge in [-0.05, 0) is 68.6 Å². The number of benzene rings is 1. The van der Waals surface area contributed by atoms with Crippen LogP contribution in [0.2, 0.25) is 0 Å². The van der Waals surface area contributed by atoms with E-state index in [1.165, 1.54) is 0 Å². The first kappa shape index (κ1) is 21.0. The highest BCUT2D eigenvalue weighted by atomic mass is 79.9. The fraction of sp³-hybridized carbons (Fsp3) is 0.571. The largest absolute Gasteiger partial charge is 0.462 e. The Kier molecular flexibility index (Phi) is 5.42. The number of halogens is 1. The zero-order valence-corrected chi connectivity index (χ0v) is 19.2. The number of piperazine rings is 1. The minimum Gasteiger partial charge on any atom is -0.462 e. The summed E-state index contributed by atoms with van der Waals surface area (Å²) in [6.07, 6.45) is 1.60. The Balaban J connectivity index is 1.55. The van der Waals surface area contributed by atoms with E-state index in [9.17, 15) is 9.59 Å². The molecule has 2 aromatic rings. The number of rotatable bonds is 3. The molecule has 1 aromatic heterocycles.